The Hall–Kier alpha value is -1.43. The maximum absolute atomic E-state index is 12.9. The Balaban J connectivity index is 2.76. The van der Waals surface area contributed by atoms with Crippen LogP contribution in [0.25, 0.3) is 5.65 Å². The number of carboxylic acids is 1. The Morgan fingerprint density at radius 1 is 1.57 bits per heavy atom. The minimum Gasteiger partial charge on any atom is -0.476 e. The van der Waals surface area contributed by atoms with Crippen LogP contribution in [0.1, 0.15) is 10.5 Å². The molecule has 0 fully saturated rings. The molecular formula is C8H4BrFN2O2. The average Bonchev–Trinajstić information content (AvgIpc) is 2.47. The van der Waals surface area contributed by atoms with Gasteiger partial charge in [-0.15, -0.1) is 0 Å². The number of aromatic carboxylic acids is 1. The summed E-state index contributed by atoms with van der Waals surface area (Å²) in [5.41, 5.74) is 0.264. The quantitative estimate of drug-likeness (QED) is 0.851. The lowest BCUT2D eigenvalue weighted by Gasteiger charge is -1.95. The van der Waals surface area contributed by atoms with Crippen LogP contribution >= 0.6 is 15.9 Å². The minimum atomic E-state index is -1.14. The molecular weight excluding hydrogens is 255 g/mol. The highest BCUT2D eigenvalue weighted by Gasteiger charge is 2.11. The monoisotopic (exact) mass is 258 g/mol. The molecule has 0 saturated heterocycles. The second-order valence-corrected chi connectivity index (χ2v) is 3.52. The zero-order valence-electron chi connectivity index (χ0n) is 6.74. The van der Waals surface area contributed by atoms with Gasteiger partial charge in [0.25, 0.3) is 0 Å². The van der Waals surface area contributed by atoms with E-state index in [1.807, 2.05) is 0 Å². The Morgan fingerprint density at radius 2 is 2.29 bits per heavy atom. The molecule has 2 heterocycles. The van der Waals surface area contributed by atoms with E-state index in [4.69, 9.17) is 5.11 Å². The van der Waals surface area contributed by atoms with Crippen molar-refractivity contribution in [2.45, 2.75) is 0 Å². The van der Waals surface area contributed by atoms with Crippen molar-refractivity contribution in [3.8, 4) is 0 Å². The predicted octanol–water partition coefficient (Wildman–Crippen LogP) is 1.93. The van der Waals surface area contributed by atoms with Gasteiger partial charge in [0.1, 0.15) is 5.82 Å². The summed E-state index contributed by atoms with van der Waals surface area (Å²) in [5.74, 6) is -1.60. The number of hydrogen-bond acceptors (Lipinski definition) is 2. The molecule has 14 heavy (non-hydrogen) atoms. The van der Waals surface area contributed by atoms with Gasteiger partial charge in [-0.1, -0.05) is 0 Å². The maximum atomic E-state index is 12.9. The number of aromatic nitrogens is 2. The van der Waals surface area contributed by atoms with Crippen LogP contribution < -0.4 is 0 Å². The van der Waals surface area contributed by atoms with Crippen LogP contribution in [0.2, 0.25) is 0 Å². The molecule has 0 saturated carbocycles. The molecule has 1 N–H and O–H groups in total. The number of pyridine rings is 1. The molecule has 2 aromatic rings. The van der Waals surface area contributed by atoms with Gasteiger partial charge in [-0.3, -0.25) is 0 Å². The van der Waals surface area contributed by atoms with Crippen molar-refractivity contribution >= 4 is 27.5 Å². The Morgan fingerprint density at radius 3 is 2.93 bits per heavy atom. The predicted molar refractivity (Wildman–Crippen MR) is 49.8 cm³/mol. The average molecular weight is 259 g/mol. The Labute approximate surface area is 86.1 Å². The van der Waals surface area contributed by atoms with E-state index in [9.17, 15) is 9.18 Å². The zero-order valence-corrected chi connectivity index (χ0v) is 8.32. The molecule has 0 unspecified atom stereocenters. The number of hydrogen-bond donors (Lipinski definition) is 1. The van der Waals surface area contributed by atoms with Gasteiger partial charge < -0.3 is 9.51 Å². The summed E-state index contributed by atoms with van der Waals surface area (Å²) in [6, 6.07) is 1.23. The first-order valence-electron chi connectivity index (χ1n) is 3.65. The van der Waals surface area contributed by atoms with E-state index in [2.05, 4.69) is 20.9 Å². The van der Waals surface area contributed by atoms with Gasteiger partial charge >= 0.3 is 5.97 Å². The number of carbonyl (C=O) groups is 1. The zero-order chi connectivity index (χ0) is 10.3. The molecule has 4 nitrogen and oxygen atoms in total. The van der Waals surface area contributed by atoms with E-state index in [0.717, 1.165) is 0 Å². The number of nitrogens with zero attached hydrogens (tertiary/aromatic N) is 2. The molecule has 2 rings (SSSR count). The summed E-state index contributed by atoms with van der Waals surface area (Å²) in [5, 5.41) is 8.66. The van der Waals surface area contributed by atoms with Gasteiger partial charge in [0.05, 0.1) is 4.47 Å². The minimum absolute atomic E-state index is 0.115. The molecule has 0 aliphatic carbocycles. The van der Waals surface area contributed by atoms with Gasteiger partial charge in [0.15, 0.2) is 11.3 Å². The van der Waals surface area contributed by atoms with E-state index < -0.39 is 11.8 Å². The third-order valence-corrected chi connectivity index (χ3v) is 2.28. The van der Waals surface area contributed by atoms with Crippen molar-refractivity contribution in [2.24, 2.45) is 0 Å². The lowest BCUT2D eigenvalue weighted by molar-refractivity contribution is 0.0691. The van der Waals surface area contributed by atoms with Gasteiger partial charge in [-0.2, -0.15) is 0 Å². The summed E-state index contributed by atoms with van der Waals surface area (Å²) in [6.45, 7) is 0. The number of rotatable bonds is 1. The third-order valence-electron chi connectivity index (χ3n) is 1.69. The summed E-state index contributed by atoms with van der Waals surface area (Å²) in [7, 11) is 0. The lowest BCUT2D eigenvalue weighted by atomic mass is 10.4. The van der Waals surface area contributed by atoms with E-state index in [0.29, 0.717) is 10.1 Å². The first-order valence-corrected chi connectivity index (χ1v) is 4.44. The second kappa shape index (κ2) is 3.06. The molecule has 0 aliphatic rings. The van der Waals surface area contributed by atoms with Crippen LogP contribution in [0, 0.1) is 5.82 Å². The Kier molecular flexibility index (Phi) is 1.99. The molecule has 72 valence electrons. The lowest BCUT2D eigenvalue weighted by Crippen LogP contribution is -1.94. The summed E-state index contributed by atoms with van der Waals surface area (Å²) >= 11 is 3.09. The van der Waals surface area contributed by atoms with E-state index in [-0.39, 0.29) is 5.69 Å². The van der Waals surface area contributed by atoms with Crippen molar-refractivity contribution < 1.29 is 14.3 Å². The Bertz CT molecular complexity index is 523. The SMILES string of the molecule is O=C(O)c1cn2cc(F)cc(Br)c2n1. The largest absolute Gasteiger partial charge is 0.476 e. The van der Waals surface area contributed by atoms with E-state index >= 15 is 0 Å². The first-order chi connectivity index (χ1) is 6.58. The van der Waals surface area contributed by atoms with Crippen LogP contribution in [0.4, 0.5) is 4.39 Å². The molecule has 2 aromatic heterocycles. The molecule has 0 radical (unpaired) electrons. The molecule has 0 spiro atoms. The summed E-state index contributed by atoms with van der Waals surface area (Å²) in [4.78, 5) is 14.4. The summed E-state index contributed by atoms with van der Waals surface area (Å²) < 4.78 is 14.6. The third kappa shape index (κ3) is 1.37. The highest BCUT2D eigenvalue weighted by Crippen LogP contribution is 2.18. The number of halogens is 2. The fourth-order valence-corrected chi connectivity index (χ4v) is 1.64. The highest BCUT2D eigenvalue weighted by molar-refractivity contribution is 9.10. The molecule has 0 atom stereocenters. The summed E-state index contributed by atoms with van der Waals surface area (Å²) in [6.07, 6.45) is 2.42. The standard InChI is InChI=1S/C8H4BrFN2O2/c9-5-1-4(10)2-12-3-6(8(13)14)11-7(5)12/h1-3H,(H,13,14). The molecule has 0 amide bonds. The van der Waals surface area contributed by atoms with Crippen molar-refractivity contribution in [1.82, 2.24) is 9.38 Å². The number of imidazole rings is 1. The fourth-order valence-electron chi connectivity index (χ4n) is 1.13. The van der Waals surface area contributed by atoms with Crippen molar-refractivity contribution in [3.05, 3.63) is 34.4 Å². The van der Waals surface area contributed by atoms with Gasteiger partial charge in [0, 0.05) is 12.4 Å². The topological polar surface area (TPSA) is 54.6 Å². The van der Waals surface area contributed by atoms with Gasteiger partial charge in [-0.05, 0) is 22.0 Å². The number of fused-ring (bicyclic) bond motifs is 1. The van der Waals surface area contributed by atoms with E-state index in [1.165, 1.54) is 22.9 Å². The molecule has 0 aliphatic heterocycles. The van der Waals surface area contributed by atoms with Crippen molar-refractivity contribution in [1.29, 1.82) is 0 Å². The van der Waals surface area contributed by atoms with E-state index in [1.54, 1.807) is 0 Å². The van der Waals surface area contributed by atoms with Gasteiger partial charge in [-0.25, -0.2) is 14.2 Å². The van der Waals surface area contributed by atoms with Crippen molar-refractivity contribution in [3.63, 3.8) is 0 Å². The van der Waals surface area contributed by atoms with Crippen LogP contribution in [-0.2, 0) is 0 Å². The first kappa shape index (κ1) is 9.14. The van der Waals surface area contributed by atoms with Crippen LogP contribution in [0.5, 0.6) is 0 Å². The molecule has 6 heteroatoms. The van der Waals surface area contributed by atoms with Crippen LogP contribution in [0.15, 0.2) is 22.9 Å². The maximum Gasteiger partial charge on any atom is 0.356 e. The van der Waals surface area contributed by atoms with Gasteiger partial charge in [0.2, 0.25) is 0 Å². The fraction of sp³-hybridized carbons (Fsp3) is 0. The smallest absolute Gasteiger partial charge is 0.356 e. The second-order valence-electron chi connectivity index (χ2n) is 2.67. The molecule has 0 aromatic carbocycles. The highest BCUT2D eigenvalue weighted by atomic mass is 79.9. The van der Waals surface area contributed by atoms with Crippen LogP contribution in [-0.4, -0.2) is 20.5 Å². The normalized spacial score (nSPS) is 10.7. The van der Waals surface area contributed by atoms with Crippen LogP contribution in [0.3, 0.4) is 0 Å². The number of carboxylic acid groups (broad SMARTS) is 1. The molecule has 0 bridgehead atoms. The van der Waals surface area contributed by atoms with Crippen molar-refractivity contribution in [2.75, 3.05) is 0 Å².